The van der Waals surface area contributed by atoms with Crippen molar-refractivity contribution in [2.75, 3.05) is 6.61 Å². The first-order chi connectivity index (χ1) is 7.00. The van der Waals surface area contributed by atoms with Crippen LogP contribution in [0.5, 0.6) is 0 Å². The van der Waals surface area contributed by atoms with E-state index in [0.717, 1.165) is 5.56 Å². The lowest BCUT2D eigenvalue weighted by Crippen LogP contribution is -2.25. The van der Waals surface area contributed by atoms with E-state index >= 15 is 0 Å². The van der Waals surface area contributed by atoms with Crippen molar-refractivity contribution in [1.82, 2.24) is 0 Å². The SMILES string of the molecule is O=C(OCCc1ccccc1)C(F)(F)S. The first-order valence-corrected chi connectivity index (χ1v) is 4.76. The van der Waals surface area contributed by atoms with Gasteiger partial charge in [-0.1, -0.05) is 43.0 Å². The molecule has 0 aliphatic carbocycles. The summed E-state index contributed by atoms with van der Waals surface area (Å²) in [5, 5.41) is -3.71. The van der Waals surface area contributed by atoms with E-state index in [1.54, 1.807) is 0 Å². The van der Waals surface area contributed by atoms with Crippen molar-refractivity contribution in [3.05, 3.63) is 35.9 Å². The van der Waals surface area contributed by atoms with Crippen LogP contribution in [0.1, 0.15) is 5.56 Å². The van der Waals surface area contributed by atoms with Crippen molar-refractivity contribution in [3.8, 4) is 0 Å². The second kappa shape index (κ2) is 5.11. The summed E-state index contributed by atoms with van der Waals surface area (Å²) < 4.78 is 28.8. The third-order valence-electron chi connectivity index (χ3n) is 1.71. The van der Waals surface area contributed by atoms with Crippen LogP contribution in [-0.2, 0) is 16.0 Å². The molecule has 0 bridgehead atoms. The minimum atomic E-state index is -3.71. The van der Waals surface area contributed by atoms with Gasteiger partial charge in [-0.25, -0.2) is 4.79 Å². The highest BCUT2D eigenvalue weighted by molar-refractivity contribution is 7.82. The summed E-state index contributed by atoms with van der Waals surface area (Å²) >= 11 is 2.80. The molecule has 82 valence electrons. The van der Waals surface area contributed by atoms with Gasteiger partial charge in [0.1, 0.15) is 0 Å². The monoisotopic (exact) mass is 232 g/mol. The van der Waals surface area contributed by atoms with Gasteiger partial charge in [-0.3, -0.25) is 0 Å². The van der Waals surface area contributed by atoms with Gasteiger partial charge in [-0.15, -0.1) is 0 Å². The third kappa shape index (κ3) is 4.29. The van der Waals surface area contributed by atoms with Gasteiger partial charge in [0.05, 0.1) is 6.61 Å². The van der Waals surface area contributed by atoms with Crippen LogP contribution in [0.15, 0.2) is 30.3 Å². The molecule has 1 aromatic rings. The molecular formula is C10H10F2O2S. The minimum absolute atomic E-state index is 0.0704. The van der Waals surface area contributed by atoms with E-state index in [4.69, 9.17) is 0 Å². The average molecular weight is 232 g/mol. The molecule has 0 heterocycles. The molecule has 0 radical (unpaired) electrons. The molecule has 0 aliphatic heterocycles. The summed E-state index contributed by atoms with van der Waals surface area (Å²) in [5.41, 5.74) is 0.924. The fraction of sp³-hybridized carbons (Fsp3) is 0.300. The number of esters is 1. The Bertz CT molecular complexity index is 322. The first-order valence-electron chi connectivity index (χ1n) is 4.31. The molecule has 0 unspecified atom stereocenters. The van der Waals surface area contributed by atoms with Crippen LogP contribution in [0.3, 0.4) is 0 Å². The highest BCUT2D eigenvalue weighted by Gasteiger charge is 2.35. The Morgan fingerprint density at radius 3 is 2.47 bits per heavy atom. The lowest BCUT2D eigenvalue weighted by Gasteiger charge is -2.08. The second-order valence-electron chi connectivity index (χ2n) is 2.91. The molecule has 0 amide bonds. The quantitative estimate of drug-likeness (QED) is 0.636. The molecule has 0 atom stereocenters. The zero-order valence-electron chi connectivity index (χ0n) is 7.82. The molecule has 15 heavy (non-hydrogen) atoms. The van der Waals surface area contributed by atoms with Gasteiger partial charge in [0.25, 0.3) is 0 Å². The largest absolute Gasteiger partial charge is 0.460 e. The van der Waals surface area contributed by atoms with Crippen molar-refractivity contribution in [2.45, 2.75) is 11.7 Å². The van der Waals surface area contributed by atoms with Gasteiger partial charge < -0.3 is 4.74 Å². The molecule has 0 spiro atoms. The molecule has 1 rings (SSSR count). The Morgan fingerprint density at radius 2 is 1.93 bits per heavy atom. The molecular weight excluding hydrogens is 222 g/mol. The summed E-state index contributed by atoms with van der Waals surface area (Å²) in [6, 6.07) is 9.14. The standard InChI is InChI=1S/C10H10F2O2S/c11-10(12,15)9(13)14-7-6-8-4-2-1-3-5-8/h1-5,15H,6-7H2. The van der Waals surface area contributed by atoms with E-state index in [1.165, 1.54) is 0 Å². The fourth-order valence-corrected chi connectivity index (χ4v) is 1.06. The third-order valence-corrected chi connectivity index (χ3v) is 1.89. The number of thiol groups is 1. The van der Waals surface area contributed by atoms with Crippen LogP contribution in [0.4, 0.5) is 8.78 Å². The van der Waals surface area contributed by atoms with Gasteiger partial charge >= 0.3 is 11.2 Å². The van der Waals surface area contributed by atoms with E-state index in [9.17, 15) is 13.6 Å². The number of carbonyl (C=O) groups excluding carboxylic acids is 1. The lowest BCUT2D eigenvalue weighted by atomic mass is 10.2. The molecule has 0 saturated carbocycles. The maximum Gasteiger partial charge on any atom is 0.388 e. The molecule has 0 aromatic heterocycles. The van der Waals surface area contributed by atoms with E-state index < -0.39 is 11.2 Å². The van der Waals surface area contributed by atoms with Gasteiger partial charge in [-0.2, -0.15) is 8.78 Å². The molecule has 0 fully saturated rings. The van der Waals surface area contributed by atoms with Crippen LogP contribution < -0.4 is 0 Å². The topological polar surface area (TPSA) is 26.3 Å². The minimum Gasteiger partial charge on any atom is -0.460 e. The number of carbonyl (C=O) groups is 1. The summed E-state index contributed by atoms with van der Waals surface area (Å²) in [6.07, 6.45) is 0.413. The number of hydrogen-bond donors (Lipinski definition) is 1. The highest BCUT2D eigenvalue weighted by atomic mass is 32.1. The van der Waals surface area contributed by atoms with Crippen molar-refractivity contribution in [2.24, 2.45) is 0 Å². The fourth-order valence-electron chi connectivity index (χ4n) is 0.993. The van der Waals surface area contributed by atoms with E-state index in [2.05, 4.69) is 17.4 Å². The smallest absolute Gasteiger partial charge is 0.388 e. The Balaban J connectivity index is 2.32. The van der Waals surface area contributed by atoms with Crippen LogP contribution in [0.2, 0.25) is 0 Å². The van der Waals surface area contributed by atoms with Crippen molar-refractivity contribution in [3.63, 3.8) is 0 Å². The van der Waals surface area contributed by atoms with E-state index in [0.29, 0.717) is 6.42 Å². The second-order valence-corrected chi connectivity index (χ2v) is 3.47. The number of benzene rings is 1. The highest BCUT2D eigenvalue weighted by Crippen LogP contribution is 2.19. The predicted octanol–water partition coefficient (Wildman–Crippen LogP) is 2.29. The Morgan fingerprint density at radius 1 is 1.33 bits per heavy atom. The van der Waals surface area contributed by atoms with E-state index in [-0.39, 0.29) is 6.61 Å². The van der Waals surface area contributed by atoms with Crippen LogP contribution in [-0.4, -0.2) is 17.8 Å². The average Bonchev–Trinajstić information content (AvgIpc) is 2.18. The first kappa shape index (κ1) is 12.0. The zero-order valence-corrected chi connectivity index (χ0v) is 8.72. The maximum atomic E-state index is 12.2. The Labute approximate surface area is 91.7 Å². The Kier molecular flexibility index (Phi) is 4.08. The van der Waals surface area contributed by atoms with Gasteiger partial charge in [0.2, 0.25) is 0 Å². The van der Waals surface area contributed by atoms with Gasteiger partial charge in [-0.05, 0) is 5.56 Å². The molecule has 0 N–H and O–H groups in total. The number of hydrogen-bond acceptors (Lipinski definition) is 3. The summed E-state index contributed by atoms with van der Waals surface area (Å²) in [7, 11) is 0. The lowest BCUT2D eigenvalue weighted by molar-refractivity contribution is -0.159. The molecule has 1 aromatic carbocycles. The molecule has 5 heteroatoms. The molecule has 0 saturated heterocycles. The van der Waals surface area contributed by atoms with Crippen molar-refractivity contribution in [1.29, 1.82) is 0 Å². The van der Waals surface area contributed by atoms with Crippen molar-refractivity contribution < 1.29 is 18.3 Å². The molecule has 2 nitrogen and oxygen atoms in total. The number of halogens is 2. The molecule has 0 aliphatic rings. The normalized spacial score (nSPS) is 11.1. The van der Waals surface area contributed by atoms with Crippen molar-refractivity contribution >= 4 is 18.6 Å². The Hall–Kier alpha value is -1.10. The van der Waals surface area contributed by atoms with Crippen LogP contribution >= 0.6 is 12.6 Å². The van der Waals surface area contributed by atoms with E-state index in [1.807, 2.05) is 30.3 Å². The summed E-state index contributed by atoms with van der Waals surface area (Å²) in [5.74, 6) is -1.61. The number of rotatable bonds is 4. The van der Waals surface area contributed by atoms with Gasteiger partial charge in [0.15, 0.2) is 0 Å². The van der Waals surface area contributed by atoms with Crippen LogP contribution in [0.25, 0.3) is 0 Å². The van der Waals surface area contributed by atoms with Gasteiger partial charge in [0, 0.05) is 6.42 Å². The summed E-state index contributed by atoms with van der Waals surface area (Å²) in [6.45, 7) is -0.0704. The number of ether oxygens (including phenoxy) is 1. The predicted molar refractivity (Wildman–Crippen MR) is 55.0 cm³/mol. The van der Waals surface area contributed by atoms with Crippen LogP contribution in [0, 0.1) is 0 Å². The summed E-state index contributed by atoms with van der Waals surface area (Å²) in [4.78, 5) is 10.6. The number of alkyl halides is 2. The zero-order chi connectivity index (χ0) is 11.3. The maximum absolute atomic E-state index is 12.2.